The Hall–Kier alpha value is -1.13. The van der Waals surface area contributed by atoms with Gasteiger partial charge in [0.05, 0.1) is 6.10 Å². The van der Waals surface area contributed by atoms with Crippen LogP contribution in [0.4, 0.5) is 5.82 Å². The van der Waals surface area contributed by atoms with Crippen molar-refractivity contribution in [2.24, 2.45) is 11.8 Å². The lowest BCUT2D eigenvalue weighted by Crippen LogP contribution is -2.27. The van der Waals surface area contributed by atoms with Crippen molar-refractivity contribution in [3.63, 3.8) is 0 Å². The van der Waals surface area contributed by atoms with E-state index in [0.717, 1.165) is 37.9 Å². The molecule has 3 unspecified atom stereocenters. The van der Waals surface area contributed by atoms with Gasteiger partial charge in [0.15, 0.2) is 0 Å². The summed E-state index contributed by atoms with van der Waals surface area (Å²) in [6.07, 6.45) is 6.58. The van der Waals surface area contributed by atoms with Gasteiger partial charge in [-0.15, -0.1) is 0 Å². The van der Waals surface area contributed by atoms with Crippen LogP contribution in [0.15, 0.2) is 18.3 Å². The molecule has 1 aromatic heterocycles. The standard InChI is InChI=1S/C16H23N3O/c20-15-6-3-12-9-19(10-14(12)15)16-11(2-1-7-17-16)8-18-13-4-5-13/h1-2,7,12-15,18,20H,3-6,8-10H2. The number of nitrogens with one attached hydrogen (secondary N) is 1. The van der Waals surface area contributed by atoms with Crippen molar-refractivity contribution >= 4 is 5.82 Å². The summed E-state index contributed by atoms with van der Waals surface area (Å²) in [6.45, 7) is 2.96. The van der Waals surface area contributed by atoms with Crippen molar-refractivity contribution in [1.29, 1.82) is 0 Å². The van der Waals surface area contributed by atoms with Crippen LogP contribution in [-0.2, 0) is 6.54 Å². The summed E-state index contributed by atoms with van der Waals surface area (Å²) in [5, 5.41) is 13.6. The van der Waals surface area contributed by atoms with Crippen LogP contribution >= 0.6 is 0 Å². The van der Waals surface area contributed by atoms with Crippen LogP contribution in [0.2, 0.25) is 0 Å². The fourth-order valence-corrected chi connectivity index (χ4v) is 3.80. The van der Waals surface area contributed by atoms with Crippen LogP contribution < -0.4 is 10.2 Å². The highest BCUT2D eigenvalue weighted by molar-refractivity contribution is 5.48. The van der Waals surface area contributed by atoms with Crippen molar-refractivity contribution in [1.82, 2.24) is 10.3 Å². The summed E-state index contributed by atoms with van der Waals surface area (Å²) in [7, 11) is 0. The molecule has 3 aliphatic rings. The predicted octanol–water partition coefficient (Wildman–Crippen LogP) is 1.54. The zero-order valence-corrected chi connectivity index (χ0v) is 11.8. The Balaban J connectivity index is 1.50. The van der Waals surface area contributed by atoms with E-state index < -0.39 is 0 Å². The topological polar surface area (TPSA) is 48.4 Å². The first kappa shape index (κ1) is 12.6. The highest BCUT2D eigenvalue weighted by atomic mass is 16.3. The molecule has 2 heterocycles. The van der Waals surface area contributed by atoms with Crippen molar-refractivity contribution in [2.45, 2.75) is 44.4 Å². The van der Waals surface area contributed by atoms with Crippen LogP contribution in [0.5, 0.6) is 0 Å². The van der Waals surface area contributed by atoms with Gasteiger partial charge in [0, 0.05) is 43.4 Å². The molecule has 0 radical (unpaired) electrons. The van der Waals surface area contributed by atoms with Crippen LogP contribution in [0.3, 0.4) is 0 Å². The highest BCUT2D eigenvalue weighted by Gasteiger charge is 2.42. The third-order valence-corrected chi connectivity index (χ3v) is 5.14. The van der Waals surface area contributed by atoms with E-state index >= 15 is 0 Å². The Morgan fingerprint density at radius 1 is 1.25 bits per heavy atom. The lowest BCUT2D eigenvalue weighted by atomic mass is 10.00. The Kier molecular flexibility index (Phi) is 3.15. The largest absolute Gasteiger partial charge is 0.393 e. The van der Waals surface area contributed by atoms with E-state index in [2.05, 4.69) is 21.3 Å². The van der Waals surface area contributed by atoms with Crippen LogP contribution in [0.1, 0.15) is 31.2 Å². The van der Waals surface area contributed by atoms with E-state index in [9.17, 15) is 5.11 Å². The van der Waals surface area contributed by atoms with Crippen molar-refractivity contribution in [3.8, 4) is 0 Å². The van der Waals surface area contributed by atoms with Crippen LogP contribution in [0, 0.1) is 11.8 Å². The summed E-state index contributed by atoms with van der Waals surface area (Å²) >= 11 is 0. The SMILES string of the molecule is OC1CCC2CN(c3ncccc3CNC3CC3)CC12. The van der Waals surface area contributed by atoms with Gasteiger partial charge >= 0.3 is 0 Å². The molecule has 1 saturated heterocycles. The molecule has 3 atom stereocenters. The molecule has 2 saturated carbocycles. The second-order valence-electron chi connectivity index (χ2n) is 6.61. The van der Waals surface area contributed by atoms with Gasteiger partial charge in [-0.1, -0.05) is 6.07 Å². The fourth-order valence-electron chi connectivity index (χ4n) is 3.80. The lowest BCUT2D eigenvalue weighted by molar-refractivity contribution is 0.133. The molecule has 0 aromatic carbocycles. The first-order valence-electron chi connectivity index (χ1n) is 7.91. The van der Waals surface area contributed by atoms with E-state index in [1.807, 2.05) is 12.3 Å². The maximum atomic E-state index is 10.1. The van der Waals surface area contributed by atoms with Crippen LogP contribution in [0.25, 0.3) is 0 Å². The molecule has 0 spiro atoms. The summed E-state index contributed by atoms with van der Waals surface area (Å²) in [4.78, 5) is 7.01. The van der Waals surface area contributed by atoms with Gasteiger partial charge in [-0.25, -0.2) is 4.98 Å². The van der Waals surface area contributed by atoms with E-state index in [4.69, 9.17) is 0 Å². The lowest BCUT2D eigenvalue weighted by Gasteiger charge is -2.22. The molecular formula is C16H23N3O. The number of rotatable bonds is 4. The number of pyridine rings is 1. The minimum Gasteiger partial charge on any atom is -0.393 e. The molecule has 2 N–H and O–H groups in total. The minimum absolute atomic E-state index is 0.0956. The molecular weight excluding hydrogens is 250 g/mol. The normalized spacial score (nSPS) is 32.6. The van der Waals surface area contributed by atoms with Gasteiger partial charge in [0.25, 0.3) is 0 Å². The minimum atomic E-state index is -0.0956. The van der Waals surface area contributed by atoms with Gasteiger partial charge in [-0.05, 0) is 37.7 Å². The van der Waals surface area contributed by atoms with E-state index in [0.29, 0.717) is 11.8 Å². The maximum absolute atomic E-state index is 10.1. The number of aromatic nitrogens is 1. The first-order chi connectivity index (χ1) is 9.81. The van der Waals surface area contributed by atoms with Crippen molar-refractivity contribution < 1.29 is 5.11 Å². The highest BCUT2D eigenvalue weighted by Crippen LogP contribution is 2.40. The number of aliphatic hydroxyl groups excluding tert-OH is 1. The molecule has 4 nitrogen and oxygen atoms in total. The van der Waals surface area contributed by atoms with Crippen molar-refractivity contribution in [2.75, 3.05) is 18.0 Å². The third kappa shape index (κ3) is 2.31. The summed E-state index contributed by atoms with van der Waals surface area (Å²) in [5.74, 6) is 2.25. The summed E-state index contributed by atoms with van der Waals surface area (Å²) in [6, 6.07) is 4.93. The first-order valence-corrected chi connectivity index (χ1v) is 7.91. The molecule has 108 valence electrons. The Morgan fingerprint density at radius 3 is 2.95 bits per heavy atom. The summed E-state index contributed by atoms with van der Waals surface area (Å²) in [5.41, 5.74) is 1.30. The molecule has 2 aliphatic carbocycles. The predicted molar refractivity (Wildman–Crippen MR) is 78.5 cm³/mol. The molecule has 1 aliphatic heterocycles. The number of aliphatic hydroxyl groups is 1. The number of nitrogens with zero attached hydrogens (tertiary/aromatic N) is 2. The third-order valence-electron chi connectivity index (χ3n) is 5.14. The van der Waals surface area contributed by atoms with Gasteiger partial charge in [0.1, 0.15) is 5.82 Å². The molecule has 4 heteroatoms. The van der Waals surface area contributed by atoms with E-state index in [1.54, 1.807) is 0 Å². The van der Waals surface area contributed by atoms with Crippen molar-refractivity contribution in [3.05, 3.63) is 23.9 Å². The van der Waals surface area contributed by atoms with Crippen LogP contribution in [-0.4, -0.2) is 35.3 Å². The number of fused-ring (bicyclic) bond motifs is 1. The maximum Gasteiger partial charge on any atom is 0.133 e. The Morgan fingerprint density at radius 2 is 2.15 bits per heavy atom. The zero-order chi connectivity index (χ0) is 13.5. The average molecular weight is 273 g/mol. The molecule has 1 aromatic rings. The van der Waals surface area contributed by atoms with E-state index in [-0.39, 0.29) is 6.10 Å². The molecule has 0 bridgehead atoms. The quantitative estimate of drug-likeness (QED) is 0.873. The van der Waals surface area contributed by atoms with Gasteiger partial charge in [-0.3, -0.25) is 0 Å². The monoisotopic (exact) mass is 273 g/mol. The molecule has 20 heavy (non-hydrogen) atoms. The molecule has 0 amide bonds. The van der Waals surface area contributed by atoms with E-state index in [1.165, 1.54) is 24.8 Å². The fraction of sp³-hybridized carbons (Fsp3) is 0.688. The Labute approximate surface area is 120 Å². The van der Waals surface area contributed by atoms with Gasteiger partial charge < -0.3 is 15.3 Å². The molecule has 4 rings (SSSR count). The number of anilines is 1. The number of hydrogen-bond acceptors (Lipinski definition) is 4. The summed E-state index contributed by atoms with van der Waals surface area (Å²) < 4.78 is 0. The smallest absolute Gasteiger partial charge is 0.133 e. The molecule has 3 fully saturated rings. The van der Waals surface area contributed by atoms with Gasteiger partial charge in [-0.2, -0.15) is 0 Å². The zero-order valence-electron chi connectivity index (χ0n) is 11.8. The number of hydrogen-bond donors (Lipinski definition) is 2. The second kappa shape index (κ2) is 5.01. The average Bonchev–Trinajstić information content (AvgIpc) is 3.10. The second-order valence-corrected chi connectivity index (χ2v) is 6.61. The Bertz CT molecular complexity index is 488. The van der Waals surface area contributed by atoms with Gasteiger partial charge in [0.2, 0.25) is 0 Å².